The summed E-state index contributed by atoms with van der Waals surface area (Å²) in [6.45, 7) is 3.76. The number of anilines is 1. The number of nitrogens with zero attached hydrogens (tertiary/aromatic N) is 1. The molecule has 0 saturated carbocycles. The number of carbonyl (C=O) groups excluding carboxylic acids is 2. The molecule has 160 valence electrons. The largest absolute Gasteiger partial charge is 0.352 e. The Bertz CT molecular complexity index is 1050. The van der Waals surface area contributed by atoms with E-state index in [4.69, 9.17) is 11.6 Å². The minimum atomic E-state index is -3.75. The summed E-state index contributed by atoms with van der Waals surface area (Å²) in [5.41, 5.74) is 2.47. The van der Waals surface area contributed by atoms with E-state index < -0.39 is 10.0 Å². The van der Waals surface area contributed by atoms with Crippen molar-refractivity contribution in [2.75, 3.05) is 11.4 Å². The summed E-state index contributed by atoms with van der Waals surface area (Å²) in [6, 6.07) is 11.8. The Balaban J connectivity index is 1.54. The molecule has 1 aliphatic rings. The lowest BCUT2D eigenvalue weighted by molar-refractivity contribution is -0.121. The van der Waals surface area contributed by atoms with E-state index in [9.17, 15) is 18.0 Å². The highest BCUT2D eigenvalue weighted by atomic mass is 35.5. The van der Waals surface area contributed by atoms with Crippen LogP contribution in [0.25, 0.3) is 0 Å². The first-order chi connectivity index (χ1) is 14.2. The van der Waals surface area contributed by atoms with Crippen LogP contribution in [-0.2, 0) is 32.6 Å². The van der Waals surface area contributed by atoms with E-state index in [1.807, 2.05) is 19.1 Å². The van der Waals surface area contributed by atoms with E-state index in [0.717, 1.165) is 16.8 Å². The van der Waals surface area contributed by atoms with E-state index in [0.29, 0.717) is 18.0 Å². The zero-order valence-electron chi connectivity index (χ0n) is 16.8. The second kappa shape index (κ2) is 9.16. The van der Waals surface area contributed by atoms with E-state index in [1.165, 1.54) is 13.0 Å². The molecule has 1 atom stereocenters. The maximum absolute atomic E-state index is 12.6. The van der Waals surface area contributed by atoms with Crippen molar-refractivity contribution >= 4 is 39.1 Å². The summed E-state index contributed by atoms with van der Waals surface area (Å²) >= 11 is 5.83. The molecule has 30 heavy (non-hydrogen) atoms. The SMILES string of the molecule is CC(=O)N1c2ccc(S(=O)(=O)NCCC(=O)NCc3ccc(Cl)cc3)cc2C[C@@H]1C. The van der Waals surface area contributed by atoms with Gasteiger partial charge in [0, 0.05) is 43.2 Å². The Morgan fingerprint density at radius 2 is 1.87 bits per heavy atom. The predicted octanol–water partition coefficient (Wildman–Crippen LogP) is 2.62. The van der Waals surface area contributed by atoms with Gasteiger partial charge in [0.2, 0.25) is 21.8 Å². The third-order valence-electron chi connectivity index (χ3n) is 4.96. The van der Waals surface area contributed by atoms with Crippen LogP contribution in [0.15, 0.2) is 47.4 Å². The zero-order chi connectivity index (χ0) is 21.9. The number of amides is 2. The Hall–Kier alpha value is -2.42. The highest BCUT2D eigenvalue weighted by Crippen LogP contribution is 2.33. The van der Waals surface area contributed by atoms with E-state index in [2.05, 4.69) is 10.0 Å². The van der Waals surface area contributed by atoms with Gasteiger partial charge in [-0.25, -0.2) is 13.1 Å². The first-order valence-electron chi connectivity index (χ1n) is 9.61. The second-order valence-electron chi connectivity index (χ2n) is 7.28. The van der Waals surface area contributed by atoms with Crippen molar-refractivity contribution in [3.63, 3.8) is 0 Å². The van der Waals surface area contributed by atoms with Crippen molar-refractivity contribution < 1.29 is 18.0 Å². The smallest absolute Gasteiger partial charge is 0.240 e. The Morgan fingerprint density at radius 3 is 2.53 bits per heavy atom. The molecular formula is C21H24ClN3O4S. The van der Waals surface area contributed by atoms with Crippen LogP contribution in [0.3, 0.4) is 0 Å². The summed E-state index contributed by atoms with van der Waals surface area (Å²) in [5, 5.41) is 3.36. The lowest BCUT2D eigenvalue weighted by Crippen LogP contribution is -2.33. The summed E-state index contributed by atoms with van der Waals surface area (Å²) in [7, 11) is -3.75. The van der Waals surface area contributed by atoms with Gasteiger partial charge in [0.05, 0.1) is 4.90 Å². The van der Waals surface area contributed by atoms with Gasteiger partial charge in [-0.1, -0.05) is 23.7 Å². The Morgan fingerprint density at radius 1 is 1.17 bits per heavy atom. The number of hydrogen-bond acceptors (Lipinski definition) is 4. The predicted molar refractivity (Wildman–Crippen MR) is 116 cm³/mol. The van der Waals surface area contributed by atoms with Gasteiger partial charge in [-0.15, -0.1) is 0 Å². The molecular weight excluding hydrogens is 426 g/mol. The number of fused-ring (bicyclic) bond motifs is 1. The fraction of sp³-hybridized carbons (Fsp3) is 0.333. The molecule has 0 saturated heterocycles. The minimum Gasteiger partial charge on any atom is -0.352 e. The van der Waals surface area contributed by atoms with Gasteiger partial charge >= 0.3 is 0 Å². The summed E-state index contributed by atoms with van der Waals surface area (Å²) in [4.78, 5) is 25.6. The van der Waals surface area contributed by atoms with Gasteiger partial charge in [-0.05, 0) is 54.8 Å². The molecule has 7 nitrogen and oxygen atoms in total. The molecule has 0 aliphatic carbocycles. The van der Waals surface area contributed by atoms with Gasteiger partial charge in [-0.3, -0.25) is 9.59 Å². The van der Waals surface area contributed by atoms with Crippen LogP contribution in [0.1, 0.15) is 31.4 Å². The summed E-state index contributed by atoms with van der Waals surface area (Å²) in [6.07, 6.45) is 0.623. The average Bonchev–Trinajstić information content (AvgIpc) is 3.02. The molecule has 3 rings (SSSR count). The fourth-order valence-corrected chi connectivity index (χ4v) is 4.74. The summed E-state index contributed by atoms with van der Waals surface area (Å²) in [5.74, 6) is -0.327. The molecule has 2 amide bonds. The number of nitrogens with one attached hydrogen (secondary N) is 2. The maximum Gasteiger partial charge on any atom is 0.240 e. The lowest BCUT2D eigenvalue weighted by Gasteiger charge is -2.20. The van der Waals surface area contributed by atoms with E-state index in [-0.39, 0.29) is 35.7 Å². The van der Waals surface area contributed by atoms with Gasteiger partial charge in [-0.2, -0.15) is 0 Å². The van der Waals surface area contributed by atoms with Crippen LogP contribution in [0.4, 0.5) is 5.69 Å². The first-order valence-corrected chi connectivity index (χ1v) is 11.5. The Labute approximate surface area is 181 Å². The van der Waals surface area contributed by atoms with Gasteiger partial charge in [0.25, 0.3) is 0 Å². The van der Waals surface area contributed by atoms with Crippen LogP contribution in [-0.4, -0.2) is 32.8 Å². The van der Waals surface area contributed by atoms with Crippen molar-refractivity contribution in [3.8, 4) is 0 Å². The van der Waals surface area contributed by atoms with E-state index >= 15 is 0 Å². The Kier molecular flexibility index (Phi) is 6.80. The van der Waals surface area contributed by atoms with Crippen LogP contribution >= 0.6 is 11.6 Å². The van der Waals surface area contributed by atoms with Crippen LogP contribution in [0, 0.1) is 0 Å². The molecule has 1 heterocycles. The number of carbonyl (C=O) groups is 2. The normalized spacial score (nSPS) is 15.7. The average molecular weight is 450 g/mol. The number of halogens is 1. The molecule has 0 aromatic heterocycles. The van der Waals surface area contributed by atoms with Crippen molar-refractivity contribution in [2.45, 2.75) is 44.2 Å². The number of benzene rings is 2. The molecule has 0 radical (unpaired) electrons. The highest BCUT2D eigenvalue weighted by Gasteiger charge is 2.30. The molecule has 9 heteroatoms. The third kappa shape index (κ3) is 5.19. The molecule has 0 bridgehead atoms. The van der Waals surface area contributed by atoms with Gasteiger partial charge in [0.1, 0.15) is 0 Å². The van der Waals surface area contributed by atoms with Crippen molar-refractivity contribution in [2.24, 2.45) is 0 Å². The monoisotopic (exact) mass is 449 g/mol. The minimum absolute atomic E-state index is 0.00671. The quantitative estimate of drug-likeness (QED) is 0.679. The second-order valence-corrected chi connectivity index (χ2v) is 9.49. The molecule has 0 spiro atoms. The number of hydrogen-bond donors (Lipinski definition) is 2. The highest BCUT2D eigenvalue weighted by molar-refractivity contribution is 7.89. The molecule has 0 unspecified atom stereocenters. The molecule has 2 N–H and O–H groups in total. The fourth-order valence-electron chi connectivity index (χ4n) is 3.53. The van der Waals surface area contributed by atoms with Crippen LogP contribution in [0.5, 0.6) is 0 Å². The third-order valence-corrected chi connectivity index (χ3v) is 6.67. The van der Waals surface area contributed by atoms with Crippen LogP contribution < -0.4 is 14.9 Å². The van der Waals surface area contributed by atoms with Crippen molar-refractivity contribution in [3.05, 3.63) is 58.6 Å². The first kappa shape index (κ1) is 22.3. The topological polar surface area (TPSA) is 95.6 Å². The van der Waals surface area contributed by atoms with Gasteiger partial charge in [0.15, 0.2) is 0 Å². The van der Waals surface area contributed by atoms with Gasteiger partial charge < -0.3 is 10.2 Å². The molecule has 1 aliphatic heterocycles. The van der Waals surface area contributed by atoms with Crippen LogP contribution in [0.2, 0.25) is 5.02 Å². The van der Waals surface area contributed by atoms with Crippen molar-refractivity contribution in [1.82, 2.24) is 10.0 Å². The van der Waals surface area contributed by atoms with E-state index in [1.54, 1.807) is 29.2 Å². The number of rotatable bonds is 7. The molecule has 2 aromatic carbocycles. The molecule has 0 fully saturated rings. The number of sulfonamides is 1. The molecule has 2 aromatic rings. The standard InChI is InChI=1S/C21H24ClN3O4S/c1-14-11-17-12-19(7-8-20(17)25(14)15(2)26)30(28,29)24-10-9-21(27)23-13-16-3-5-18(22)6-4-16/h3-8,12,14,24H,9-11,13H2,1-2H3,(H,23,27)/t14-/m0/s1. The summed E-state index contributed by atoms with van der Waals surface area (Å²) < 4.78 is 27.6. The maximum atomic E-state index is 12.6. The lowest BCUT2D eigenvalue weighted by atomic mass is 10.1. The van der Waals surface area contributed by atoms with Crippen molar-refractivity contribution in [1.29, 1.82) is 0 Å². The zero-order valence-corrected chi connectivity index (χ0v) is 18.4.